The summed E-state index contributed by atoms with van der Waals surface area (Å²) in [5.74, 6) is -0.960. The lowest BCUT2D eigenvalue weighted by molar-refractivity contribution is -0.114. The molecule has 0 saturated heterocycles. The summed E-state index contributed by atoms with van der Waals surface area (Å²) in [5.41, 5.74) is 0.953. The normalized spacial score (nSPS) is 14.1. The summed E-state index contributed by atoms with van der Waals surface area (Å²) in [6.07, 6.45) is 3.36. The van der Waals surface area contributed by atoms with Crippen LogP contribution in [0.2, 0.25) is 5.02 Å². The van der Waals surface area contributed by atoms with Gasteiger partial charge in [-0.2, -0.15) is 0 Å². The fourth-order valence-corrected chi connectivity index (χ4v) is 2.20. The zero-order valence-electron chi connectivity index (χ0n) is 9.28. The van der Waals surface area contributed by atoms with E-state index in [4.69, 9.17) is 11.6 Å². The average molecular weight is 250 g/mol. The lowest BCUT2D eigenvalue weighted by Gasteiger charge is -2.16. The minimum atomic E-state index is -0.489. The Morgan fingerprint density at radius 1 is 1.35 bits per heavy atom. The number of halogens is 1. The predicted molar refractivity (Wildman–Crippen MR) is 67.6 cm³/mol. The van der Waals surface area contributed by atoms with E-state index in [0.717, 1.165) is 12.8 Å². The number of unbranched alkanes of at least 4 members (excludes halogenated alkanes) is 1. The number of rotatable bonds is 4. The SMILES string of the molecule is C=CCCCN1C(=O)C(=O)c2cccc(Cl)c21. The summed E-state index contributed by atoms with van der Waals surface area (Å²) in [7, 11) is 0. The number of carbonyl (C=O) groups is 2. The molecule has 1 aliphatic heterocycles. The van der Waals surface area contributed by atoms with E-state index in [0.29, 0.717) is 22.8 Å². The minimum Gasteiger partial charge on any atom is -0.303 e. The van der Waals surface area contributed by atoms with Crippen LogP contribution in [0.3, 0.4) is 0 Å². The summed E-state index contributed by atoms with van der Waals surface area (Å²) < 4.78 is 0. The van der Waals surface area contributed by atoms with Crippen LogP contribution >= 0.6 is 11.6 Å². The topological polar surface area (TPSA) is 37.4 Å². The van der Waals surface area contributed by atoms with Crippen molar-refractivity contribution in [3.8, 4) is 0 Å². The number of fused-ring (bicyclic) bond motifs is 1. The first-order valence-electron chi connectivity index (χ1n) is 5.42. The molecule has 1 aromatic carbocycles. The smallest absolute Gasteiger partial charge is 0.299 e. The molecule has 0 bridgehead atoms. The maximum absolute atomic E-state index is 11.8. The molecule has 4 heteroatoms. The maximum Gasteiger partial charge on any atom is 0.299 e. The minimum absolute atomic E-state index is 0.404. The second-order valence-electron chi connectivity index (χ2n) is 3.85. The van der Waals surface area contributed by atoms with E-state index in [1.54, 1.807) is 24.3 Å². The molecule has 0 N–H and O–H groups in total. The Labute approximate surface area is 105 Å². The second-order valence-corrected chi connectivity index (χ2v) is 4.26. The molecule has 1 aromatic rings. The number of hydrogen-bond acceptors (Lipinski definition) is 2. The van der Waals surface area contributed by atoms with E-state index in [2.05, 4.69) is 6.58 Å². The van der Waals surface area contributed by atoms with Gasteiger partial charge in [-0.1, -0.05) is 23.7 Å². The van der Waals surface area contributed by atoms with Gasteiger partial charge in [-0.25, -0.2) is 0 Å². The highest BCUT2D eigenvalue weighted by molar-refractivity contribution is 6.54. The van der Waals surface area contributed by atoms with Crippen molar-refractivity contribution in [1.29, 1.82) is 0 Å². The number of anilines is 1. The highest BCUT2D eigenvalue weighted by Crippen LogP contribution is 2.35. The highest BCUT2D eigenvalue weighted by atomic mass is 35.5. The molecule has 2 rings (SSSR count). The summed E-state index contributed by atoms with van der Waals surface area (Å²) in [4.78, 5) is 25.0. The van der Waals surface area contributed by atoms with E-state index < -0.39 is 11.7 Å². The van der Waals surface area contributed by atoms with Crippen molar-refractivity contribution >= 4 is 29.0 Å². The van der Waals surface area contributed by atoms with Crippen molar-refractivity contribution in [3.05, 3.63) is 41.4 Å². The van der Waals surface area contributed by atoms with Gasteiger partial charge < -0.3 is 4.90 Å². The summed E-state index contributed by atoms with van der Waals surface area (Å²) >= 11 is 6.04. The number of Topliss-reactive ketones (excluding diaryl/α,β-unsaturated/α-hetero) is 1. The molecular weight excluding hydrogens is 238 g/mol. The number of ketones is 1. The van der Waals surface area contributed by atoms with Gasteiger partial charge >= 0.3 is 0 Å². The van der Waals surface area contributed by atoms with Crippen molar-refractivity contribution in [2.75, 3.05) is 11.4 Å². The van der Waals surface area contributed by atoms with Gasteiger partial charge in [-0.3, -0.25) is 9.59 Å². The van der Waals surface area contributed by atoms with Gasteiger partial charge in [0, 0.05) is 6.54 Å². The molecule has 1 heterocycles. The van der Waals surface area contributed by atoms with E-state index in [9.17, 15) is 9.59 Å². The van der Waals surface area contributed by atoms with Crippen LogP contribution in [0.5, 0.6) is 0 Å². The molecule has 17 heavy (non-hydrogen) atoms. The van der Waals surface area contributed by atoms with E-state index in [1.807, 2.05) is 0 Å². The third-order valence-corrected chi connectivity index (χ3v) is 3.04. The Balaban J connectivity index is 2.33. The fraction of sp³-hybridized carbons (Fsp3) is 0.231. The zero-order chi connectivity index (χ0) is 12.4. The van der Waals surface area contributed by atoms with Crippen LogP contribution in [0.15, 0.2) is 30.9 Å². The number of carbonyl (C=O) groups excluding carboxylic acids is 2. The van der Waals surface area contributed by atoms with Crippen molar-refractivity contribution in [1.82, 2.24) is 0 Å². The Morgan fingerprint density at radius 2 is 2.12 bits per heavy atom. The van der Waals surface area contributed by atoms with Crippen LogP contribution in [-0.4, -0.2) is 18.2 Å². The van der Waals surface area contributed by atoms with Gasteiger partial charge in [0.25, 0.3) is 11.7 Å². The third kappa shape index (κ3) is 1.98. The van der Waals surface area contributed by atoms with Gasteiger partial charge in [-0.15, -0.1) is 6.58 Å². The Morgan fingerprint density at radius 3 is 2.82 bits per heavy atom. The lowest BCUT2D eigenvalue weighted by atomic mass is 10.1. The van der Waals surface area contributed by atoms with Crippen molar-refractivity contribution < 1.29 is 9.59 Å². The quantitative estimate of drug-likeness (QED) is 0.467. The van der Waals surface area contributed by atoms with Crippen LogP contribution in [0.25, 0.3) is 0 Å². The molecule has 0 atom stereocenters. The number of benzene rings is 1. The van der Waals surface area contributed by atoms with Crippen molar-refractivity contribution in [2.24, 2.45) is 0 Å². The predicted octanol–water partition coefficient (Wildman–Crippen LogP) is 2.84. The molecule has 1 amide bonds. The monoisotopic (exact) mass is 249 g/mol. The highest BCUT2D eigenvalue weighted by Gasteiger charge is 2.36. The molecule has 88 valence electrons. The van der Waals surface area contributed by atoms with Gasteiger partial charge in [0.15, 0.2) is 0 Å². The molecule has 0 fully saturated rings. The molecule has 3 nitrogen and oxygen atoms in total. The second kappa shape index (κ2) is 4.72. The molecule has 0 saturated carbocycles. The van der Waals surface area contributed by atoms with Crippen molar-refractivity contribution in [3.63, 3.8) is 0 Å². The number of hydrogen-bond donors (Lipinski definition) is 0. The van der Waals surface area contributed by atoms with E-state index >= 15 is 0 Å². The molecule has 0 aromatic heterocycles. The van der Waals surface area contributed by atoms with Gasteiger partial charge in [0.2, 0.25) is 0 Å². The Bertz CT molecular complexity index is 496. The Kier molecular flexibility index (Phi) is 3.29. The number of para-hydroxylation sites is 1. The molecule has 0 spiro atoms. The lowest BCUT2D eigenvalue weighted by Crippen LogP contribution is -2.30. The number of allylic oxidation sites excluding steroid dienone is 1. The van der Waals surface area contributed by atoms with Crippen LogP contribution in [0, 0.1) is 0 Å². The van der Waals surface area contributed by atoms with Crippen LogP contribution in [-0.2, 0) is 4.79 Å². The maximum atomic E-state index is 11.8. The molecule has 1 aliphatic rings. The first kappa shape index (κ1) is 11.9. The largest absolute Gasteiger partial charge is 0.303 e. The van der Waals surface area contributed by atoms with Crippen LogP contribution < -0.4 is 4.90 Å². The molecule has 0 radical (unpaired) electrons. The van der Waals surface area contributed by atoms with Gasteiger partial charge in [0.1, 0.15) is 0 Å². The average Bonchev–Trinajstić information content (AvgIpc) is 2.56. The first-order valence-corrected chi connectivity index (χ1v) is 5.80. The summed E-state index contributed by atoms with van der Waals surface area (Å²) in [6, 6.07) is 5.00. The van der Waals surface area contributed by atoms with E-state index in [1.165, 1.54) is 4.90 Å². The van der Waals surface area contributed by atoms with Gasteiger partial charge in [-0.05, 0) is 25.0 Å². The van der Waals surface area contributed by atoms with Crippen LogP contribution in [0.1, 0.15) is 23.2 Å². The molecule has 0 aliphatic carbocycles. The summed E-state index contributed by atoms with van der Waals surface area (Å²) in [5, 5.41) is 0.445. The zero-order valence-corrected chi connectivity index (χ0v) is 10.0. The fourth-order valence-electron chi connectivity index (χ4n) is 1.92. The Hall–Kier alpha value is -1.61. The molecular formula is C13H12ClNO2. The molecule has 0 unspecified atom stereocenters. The number of amides is 1. The van der Waals surface area contributed by atoms with Gasteiger partial charge in [0.05, 0.1) is 16.3 Å². The van der Waals surface area contributed by atoms with E-state index in [-0.39, 0.29) is 0 Å². The first-order chi connectivity index (χ1) is 8.16. The van der Waals surface area contributed by atoms with Crippen LogP contribution in [0.4, 0.5) is 5.69 Å². The number of nitrogens with zero attached hydrogens (tertiary/aromatic N) is 1. The van der Waals surface area contributed by atoms with Crippen molar-refractivity contribution in [2.45, 2.75) is 12.8 Å². The standard InChI is InChI=1S/C13H12ClNO2/c1-2-3-4-8-15-11-9(12(16)13(15)17)6-5-7-10(11)14/h2,5-7H,1,3-4,8H2. The third-order valence-electron chi connectivity index (χ3n) is 2.73. The summed E-state index contributed by atoms with van der Waals surface area (Å²) in [6.45, 7) is 4.12.